The Bertz CT molecular complexity index is 837. The summed E-state index contributed by atoms with van der Waals surface area (Å²) in [6.45, 7) is 0.348. The van der Waals surface area contributed by atoms with Crippen LogP contribution >= 0.6 is 0 Å². The zero-order chi connectivity index (χ0) is 17.7. The third kappa shape index (κ3) is 5.14. The maximum Gasteiger partial charge on any atom is 0.238 e. The molecule has 2 aromatic carbocycles. The Kier molecular flexibility index (Phi) is 5.69. The van der Waals surface area contributed by atoms with Gasteiger partial charge in [0.25, 0.3) is 0 Å². The van der Waals surface area contributed by atoms with Gasteiger partial charge in [-0.2, -0.15) is 0 Å². The summed E-state index contributed by atoms with van der Waals surface area (Å²) in [5.74, 6) is -0.620. The summed E-state index contributed by atoms with van der Waals surface area (Å²) in [7, 11) is -1.63. The number of hydrogen-bond donors (Lipinski definition) is 1. The fourth-order valence-corrected chi connectivity index (χ4v) is 2.89. The van der Waals surface area contributed by atoms with Gasteiger partial charge < -0.3 is 5.32 Å². The molecular weight excluding hydrogens is 331 g/mol. The Hall–Kier alpha value is -2.25. The average molecular weight is 350 g/mol. The normalized spacial score (nSPS) is 11.5. The van der Waals surface area contributed by atoms with Crippen LogP contribution in [0.4, 0.5) is 10.1 Å². The Labute approximate surface area is 141 Å². The highest BCUT2D eigenvalue weighted by molar-refractivity contribution is 7.90. The number of halogens is 1. The van der Waals surface area contributed by atoms with Crippen molar-refractivity contribution in [1.82, 2.24) is 4.90 Å². The molecule has 1 N–H and O–H groups in total. The van der Waals surface area contributed by atoms with Crippen molar-refractivity contribution in [3.05, 3.63) is 59.9 Å². The summed E-state index contributed by atoms with van der Waals surface area (Å²) in [5, 5.41) is 2.65. The number of rotatable bonds is 6. The highest BCUT2D eigenvalue weighted by atomic mass is 32.2. The van der Waals surface area contributed by atoms with Crippen molar-refractivity contribution in [1.29, 1.82) is 0 Å². The van der Waals surface area contributed by atoms with Gasteiger partial charge in [0, 0.05) is 24.1 Å². The van der Waals surface area contributed by atoms with E-state index in [9.17, 15) is 17.6 Å². The summed E-state index contributed by atoms with van der Waals surface area (Å²) < 4.78 is 36.7. The maximum atomic E-state index is 13.6. The molecule has 0 aliphatic rings. The fraction of sp³-hybridized carbons (Fsp3) is 0.235. The lowest BCUT2D eigenvalue weighted by Crippen LogP contribution is -2.30. The summed E-state index contributed by atoms with van der Waals surface area (Å²) in [6, 6.07) is 12.4. The van der Waals surface area contributed by atoms with Gasteiger partial charge in [-0.25, -0.2) is 12.8 Å². The summed E-state index contributed by atoms with van der Waals surface area (Å²) in [4.78, 5) is 13.9. The van der Waals surface area contributed by atoms with E-state index in [4.69, 9.17) is 0 Å². The van der Waals surface area contributed by atoms with Crippen LogP contribution in [0.3, 0.4) is 0 Å². The van der Waals surface area contributed by atoms with Gasteiger partial charge in [0.2, 0.25) is 5.91 Å². The smallest absolute Gasteiger partial charge is 0.238 e. The molecular formula is C17H19FN2O3S. The SMILES string of the molecule is CN(CC(=O)Nc1cccc(S(C)(=O)=O)c1)Cc1ccccc1F. The number of nitrogens with one attached hydrogen (secondary N) is 1. The molecule has 1 amide bonds. The van der Waals surface area contributed by atoms with E-state index in [0.717, 1.165) is 6.26 Å². The predicted molar refractivity (Wildman–Crippen MR) is 90.9 cm³/mol. The molecule has 0 bridgehead atoms. The molecule has 24 heavy (non-hydrogen) atoms. The fourth-order valence-electron chi connectivity index (χ4n) is 2.22. The van der Waals surface area contributed by atoms with Gasteiger partial charge in [0.05, 0.1) is 11.4 Å². The molecule has 0 aliphatic carbocycles. The molecule has 0 atom stereocenters. The highest BCUT2D eigenvalue weighted by Crippen LogP contribution is 2.15. The first-order valence-corrected chi connectivity index (χ1v) is 9.17. The van der Waals surface area contributed by atoms with Crippen molar-refractivity contribution >= 4 is 21.4 Å². The molecule has 0 saturated heterocycles. The van der Waals surface area contributed by atoms with Crippen molar-refractivity contribution in [2.75, 3.05) is 25.2 Å². The van der Waals surface area contributed by atoms with Gasteiger partial charge in [-0.05, 0) is 31.3 Å². The Morgan fingerprint density at radius 1 is 1.17 bits per heavy atom. The number of benzene rings is 2. The Balaban J connectivity index is 1.97. The van der Waals surface area contributed by atoms with E-state index in [0.29, 0.717) is 17.8 Å². The van der Waals surface area contributed by atoms with Crippen LogP contribution in [0.2, 0.25) is 0 Å². The first kappa shape index (κ1) is 18.1. The Morgan fingerprint density at radius 3 is 2.54 bits per heavy atom. The van der Waals surface area contributed by atoms with Crippen LogP contribution in [-0.4, -0.2) is 39.1 Å². The molecule has 0 saturated carbocycles. The molecule has 0 aromatic heterocycles. The predicted octanol–water partition coefficient (Wildman–Crippen LogP) is 2.30. The largest absolute Gasteiger partial charge is 0.325 e. The van der Waals surface area contributed by atoms with E-state index in [1.807, 2.05) is 0 Å². The van der Waals surface area contributed by atoms with E-state index < -0.39 is 9.84 Å². The topological polar surface area (TPSA) is 66.5 Å². The van der Waals surface area contributed by atoms with Gasteiger partial charge in [0.1, 0.15) is 5.82 Å². The van der Waals surface area contributed by atoms with Crippen LogP contribution in [-0.2, 0) is 21.2 Å². The van der Waals surface area contributed by atoms with E-state index in [-0.39, 0.29) is 23.2 Å². The third-order valence-electron chi connectivity index (χ3n) is 3.36. The molecule has 0 spiro atoms. The van der Waals surface area contributed by atoms with Crippen molar-refractivity contribution in [2.45, 2.75) is 11.4 Å². The number of hydrogen-bond acceptors (Lipinski definition) is 4. The van der Waals surface area contributed by atoms with E-state index in [1.165, 1.54) is 18.2 Å². The monoisotopic (exact) mass is 350 g/mol. The second kappa shape index (κ2) is 7.55. The van der Waals surface area contributed by atoms with Crippen LogP contribution in [0.15, 0.2) is 53.4 Å². The van der Waals surface area contributed by atoms with Crippen molar-refractivity contribution in [3.63, 3.8) is 0 Å². The van der Waals surface area contributed by atoms with Gasteiger partial charge in [-0.3, -0.25) is 9.69 Å². The van der Waals surface area contributed by atoms with E-state index >= 15 is 0 Å². The minimum atomic E-state index is -3.33. The van der Waals surface area contributed by atoms with E-state index in [1.54, 1.807) is 42.3 Å². The second-order valence-electron chi connectivity index (χ2n) is 5.61. The summed E-state index contributed by atoms with van der Waals surface area (Å²) in [5.41, 5.74) is 0.911. The molecule has 0 fully saturated rings. The van der Waals surface area contributed by atoms with Crippen LogP contribution in [0.1, 0.15) is 5.56 Å². The summed E-state index contributed by atoms with van der Waals surface area (Å²) >= 11 is 0. The second-order valence-corrected chi connectivity index (χ2v) is 7.63. The van der Waals surface area contributed by atoms with Gasteiger partial charge in [-0.15, -0.1) is 0 Å². The molecule has 0 unspecified atom stereocenters. The third-order valence-corrected chi connectivity index (χ3v) is 4.47. The minimum absolute atomic E-state index is 0.0530. The zero-order valence-corrected chi connectivity index (χ0v) is 14.3. The molecule has 2 rings (SSSR count). The number of amides is 1. The number of nitrogens with zero attached hydrogens (tertiary/aromatic N) is 1. The lowest BCUT2D eigenvalue weighted by molar-refractivity contribution is -0.117. The molecule has 128 valence electrons. The number of anilines is 1. The highest BCUT2D eigenvalue weighted by Gasteiger charge is 2.12. The maximum absolute atomic E-state index is 13.6. The number of carbonyl (C=O) groups excluding carboxylic acids is 1. The van der Waals surface area contributed by atoms with Gasteiger partial charge in [-0.1, -0.05) is 24.3 Å². The molecule has 0 heterocycles. The van der Waals surface area contributed by atoms with Crippen molar-refractivity contribution in [3.8, 4) is 0 Å². The number of carbonyl (C=O) groups is 1. The molecule has 0 radical (unpaired) electrons. The van der Waals surface area contributed by atoms with Crippen molar-refractivity contribution in [2.24, 2.45) is 0 Å². The molecule has 2 aromatic rings. The molecule has 5 nitrogen and oxygen atoms in total. The molecule has 7 heteroatoms. The number of sulfone groups is 1. The Morgan fingerprint density at radius 2 is 1.88 bits per heavy atom. The van der Waals surface area contributed by atoms with Crippen LogP contribution < -0.4 is 5.32 Å². The lowest BCUT2D eigenvalue weighted by Gasteiger charge is -2.17. The van der Waals surface area contributed by atoms with Gasteiger partial charge in [0.15, 0.2) is 9.84 Å². The summed E-state index contributed by atoms with van der Waals surface area (Å²) in [6.07, 6.45) is 1.11. The van der Waals surface area contributed by atoms with Crippen LogP contribution in [0, 0.1) is 5.82 Å². The lowest BCUT2D eigenvalue weighted by atomic mass is 10.2. The minimum Gasteiger partial charge on any atom is -0.325 e. The molecule has 0 aliphatic heterocycles. The first-order valence-electron chi connectivity index (χ1n) is 7.27. The standard InChI is InChI=1S/C17H19FN2O3S/c1-20(11-13-6-3-4-9-16(13)18)12-17(21)19-14-7-5-8-15(10-14)24(2,22)23/h3-10H,11-12H2,1-2H3,(H,19,21). The average Bonchev–Trinajstić information content (AvgIpc) is 2.49. The van der Waals surface area contributed by atoms with Crippen LogP contribution in [0.25, 0.3) is 0 Å². The zero-order valence-electron chi connectivity index (χ0n) is 13.5. The first-order chi connectivity index (χ1) is 11.3. The van der Waals surface area contributed by atoms with Crippen LogP contribution in [0.5, 0.6) is 0 Å². The van der Waals surface area contributed by atoms with E-state index in [2.05, 4.69) is 5.32 Å². The quantitative estimate of drug-likeness (QED) is 0.868. The number of likely N-dealkylation sites (N-methyl/N-ethyl adjacent to an activating group) is 1. The van der Waals surface area contributed by atoms with Gasteiger partial charge >= 0.3 is 0 Å². The van der Waals surface area contributed by atoms with Crippen molar-refractivity contribution < 1.29 is 17.6 Å².